The maximum atomic E-state index is 13.2. The fourth-order valence-electron chi connectivity index (χ4n) is 3.76. The summed E-state index contributed by atoms with van der Waals surface area (Å²) in [7, 11) is 0. The lowest BCUT2D eigenvalue weighted by Gasteiger charge is -2.29. The topological polar surface area (TPSA) is 115 Å². The van der Waals surface area contributed by atoms with Crippen LogP contribution in [0.3, 0.4) is 0 Å². The largest absolute Gasteiger partial charge is 0.345 e. The summed E-state index contributed by atoms with van der Waals surface area (Å²) in [4.78, 5) is 34.2. The van der Waals surface area contributed by atoms with E-state index in [-0.39, 0.29) is 11.5 Å². The standard InChI is InChI=1S/C25H23N3O5/c1-2-3-14-23(18-10-6-4-7-11-18)24(19-12-8-5-9-13-19)26-25(29)20-15-21(27(30)31)17-22(16-20)28(32)33/h2,4-13,15-17,23-24H,1,3,14H2,(H,26,29)/t23-,24-/m0/s1. The number of rotatable bonds is 10. The Balaban J connectivity index is 2.04. The number of nitrogens with one attached hydrogen (secondary N) is 1. The molecular weight excluding hydrogens is 422 g/mol. The molecule has 0 spiro atoms. The van der Waals surface area contributed by atoms with Gasteiger partial charge in [-0.15, -0.1) is 6.58 Å². The number of hydrogen-bond donors (Lipinski definition) is 1. The molecule has 0 saturated heterocycles. The molecule has 0 heterocycles. The third-order valence-electron chi connectivity index (χ3n) is 5.34. The van der Waals surface area contributed by atoms with Crippen molar-refractivity contribution in [3.05, 3.63) is 128 Å². The van der Waals surface area contributed by atoms with Gasteiger partial charge in [-0.25, -0.2) is 0 Å². The van der Waals surface area contributed by atoms with Gasteiger partial charge in [0.05, 0.1) is 27.5 Å². The summed E-state index contributed by atoms with van der Waals surface area (Å²) >= 11 is 0. The highest BCUT2D eigenvalue weighted by molar-refractivity contribution is 5.96. The number of hydrogen-bond acceptors (Lipinski definition) is 5. The Bertz CT molecular complexity index is 1120. The number of amides is 1. The second-order valence-corrected chi connectivity index (χ2v) is 7.50. The summed E-state index contributed by atoms with van der Waals surface area (Å²) in [5, 5.41) is 25.5. The molecule has 0 aliphatic heterocycles. The zero-order valence-corrected chi connectivity index (χ0v) is 17.8. The van der Waals surface area contributed by atoms with Crippen molar-refractivity contribution in [3.63, 3.8) is 0 Å². The zero-order valence-electron chi connectivity index (χ0n) is 17.8. The number of allylic oxidation sites excluding steroid dienone is 1. The fraction of sp³-hybridized carbons (Fsp3) is 0.160. The molecule has 0 saturated carbocycles. The molecule has 8 heteroatoms. The number of nitro benzene ring substituents is 2. The van der Waals surface area contributed by atoms with Gasteiger partial charge in [0.2, 0.25) is 0 Å². The maximum Gasteiger partial charge on any atom is 0.277 e. The van der Waals surface area contributed by atoms with E-state index in [0.717, 1.165) is 29.3 Å². The lowest BCUT2D eigenvalue weighted by Crippen LogP contribution is -2.33. The minimum absolute atomic E-state index is 0.121. The van der Waals surface area contributed by atoms with Gasteiger partial charge in [-0.1, -0.05) is 66.7 Å². The first-order valence-corrected chi connectivity index (χ1v) is 10.4. The lowest BCUT2D eigenvalue weighted by molar-refractivity contribution is -0.394. The van der Waals surface area contributed by atoms with Crippen molar-refractivity contribution in [2.75, 3.05) is 0 Å². The van der Waals surface area contributed by atoms with E-state index in [1.54, 1.807) is 0 Å². The molecule has 33 heavy (non-hydrogen) atoms. The van der Waals surface area contributed by atoms with Gasteiger partial charge in [-0.3, -0.25) is 25.0 Å². The molecular formula is C25H23N3O5. The van der Waals surface area contributed by atoms with Crippen molar-refractivity contribution < 1.29 is 14.6 Å². The molecule has 168 valence electrons. The van der Waals surface area contributed by atoms with E-state index in [9.17, 15) is 25.0 Å². The summed E-state index contributed by atoms with van der Waals surface area (Å²) < 4.78 is 0. The fourth-order valence-corrected chi connectivity index (χ4v) is 3.76. The predicted octanol–water partition coefficient (Wildman–Crippen LogP) is 5.72. The highest BCUT2D eigenvalue weighted by atomic mass is 16.6. The Kier molecular flexibility index (Phi) is 7.64. The number of non-ortho nitro benzene ring substituents is 2. The van der Waals surface area contributed by atoms with E-state index < -0.39 is 33.2 Å². The predicted molar refractivity (Wildman–Crippen MR) is 125 cm³/mol. The molecule has 3 aromatic carbocycles. The molecule has 0 unspecified atom stereocenters. The highest BCUT2D eigenvalue weighted by Crippen LogP contribution is 2.35. The van der Waals surface area contributed by atoms with E-state index in [2.05, 4.69) is 11.9 Å². The van der Waals surface area contributed by atoms with Crippen LogP contribution in [-0.2, 0) is 0 Å². The molecule has 1 amide bonds. The number of carbonyl (C=O) groups excluding carboxylic acids is 1. The van der Waals surface area contributed by atoms with Crippen molar-refractivity contribution in [3.8, 4) is 0 Å². The molecule has 2 atom stereocenters. The Labute approximate surface area is 190 Å². The minimum Gasteiger partial charge on any atom is -0.345 e. The molecule has 1 N–H and O–H groups in total. The molecule has 3 rings (SSSR count). The molecule has 0 aliphatic carbocycles. The zero-order chi connectivity index (χ0) is 23.8. The number of nitrogens with zero attached hydrogens (tertiary/aromatic N) is 2. The van der Waals surface area contributed by atoms with Gasteiger partial charge in [0.25, 0.3) is 17.3 Å². The van der Waals surface area contributed by atoms with Gasteiger partial charge in [0, 0.05) is 18.1 Å². The van der Waals surface area contributed by atoms with E-state index in [1.807, 2.05) is 66.7 Å². The van der Waals surface area contributed by atoms with Crippen LogP contribution >= 0.6 is 0 Å². The van der Waals surface area contributed by atoms with E-state index in [4.69, 9.17) is 0 Å². The summed E-state index contributed by atoms with van der Waals surface area (Å²) in [6.07, 6.45) is 3.22. The van der Waals surface area contributed by atoms with Crippen molar-refractivity contribution in [2.45, 2.75) is 24.8 Å². The van der Waals surface area contributed by atoms with Gasteiger partial charge in [-0.2, -0.15) is 0 Å². The summed E-state index contributed by atoms with van der Waals surface area (Å²) in [6, 6.07) is 21.6. The molecule has 0 bridgehead atoms. The average Bonchev–Trinajstić information content (AvgIpc) is 2.84. The monoisotopic (exact) mass is 445 g/mol. The number of benzene rings is 3. The lowest BCUT2D eigenvalue weighted by atomic mass is 9.83. The van der Waals surface area contributed by atoms with Gasteiger partial charge >= 0.3 is 0 Å². The van der Waals surface area contributed by atoms with E-state index in [0.29, 0.717) is 12.8 Å². The first-order chi connectivity index (χ1) is 15.9. The van der Waals surface area contributed by atoms with Crippen molar-refractivity contribution >= 4 is 17.3 Å². The van der Waals surface area contributed by atoms with Crippen molar-refractivity contribution in [1.29, 1.82) is 0 Å². The molecule has 8 nitrogen and oxygen atoms in total. The van der Waals surface area contributed by atoms with Crippen LogP contribution in [0.25, 0.3) is 0 Å². The van der Waals surface area contributed by atoms with Crippen LogP contribution in [-0.4, -0.2) is 15.8 Å². The third-order valence-corrected chi connectivity index (χ3v) is 5.34. The van der Waals surface area contributed by atoms with E-state index in [1.165, 1.54) is 0 Å². The molecule has 0 fully saturated rings. The Morgan fingerprint density at radius 3 is 1.88 bits per heavy atom. The van der Waals surface area contributed by atoms with Crippen LogP contribution in [0, 0.1) is 20.2 Å². The van der Waals surface area contributed by atoms with Gasteiger partial charge < -0.3 is 5.32 Å². The quantitative estimate of drug-likeness (QED) is 0.243. The van der Waals surface area contributed by atoms with Crippen LogP contribution in [0.2, 0.25) is 0 Å². The Hall–Kier alpha value is -4.33. The maximum absolute atomic E-state index is 13.2. The van der Waals surface area contributed by atoms with Gasteiger partial charge in [-0.05, 0) is 24.0 Å². The van der Waals surface area contributed by atoms with Crippen molar-refractivity contribution in [1.82, 2.24) is 5.32 Å². The second kappa shape index (κ2) is 10.8. The molecule has 0 aromatic heterocycles. The molecule has 3 aromatic rings. The van der Waals surface area contributed by atoms with Crippen LogP contribution in [0.1, 0.15) is 46.3 Å². The van der Waals surface area contributed by atoms with Crippen LogP contribution in [0.15, 0.2) is 91.5 Å². The average molecular weight is 445 g/mol. The van der Waals surface area contributed by atoms with Gasteiger partial charge in [0.15, 0.2) is 0 Å². The molecule has 0 radical (unpaired) electrons. The van der Waals surface area contributed by atoms with Crippen LogP contribution in [0.5, 0.6) is 0 Å². The first-order valence-electron chi connectivity index (χ1n) is 10.4. The number of carbonyl (C=O) groups is 1. The third kappa shape index (κ3) is 5.88. The van der Waals surface area contributed by atoms with E-state index >= 15 is 0 Å². The first kappa shape index (κ1) is 23.3. The normalized spacial score (nSPS) is 12.4. The SMILES string of the molecule is C=CCC[C@@H](c1ccccc1)[C@@H](NC(=O)c1cc([N+](=O)[O-])cc([N+](=O)[O-])c1)c1ccccc1. The highest BCUT2D eigenvalue weighted by Gasteiger charge is 2.28. The smallest absolute Gasteiger partial charge is 0.277 e. The minimum atomic E-state index is -0.755. The van der Waals surface area contributed by atoms with Crippen LogP contribution < -0.4 is 5.32 Å². The Morgan fingerprint density at radius 2 is 1.39 bits per heavy atom. The summed E-state index contributed by atoms with van der Waals surface area (Å²) in [5.74, 6) is -0.751. The second-order valence-electron chi connectivity index (χ2n) is 7.50. The number of nitro groups is 2. The molecule has 0 aliphatic rings. The van der Waals surface area contributed by atoms with Crippen LogP contribution in [0.4, 0.5) is 11.4 Å². The van der Waals surface area contributed by atoms with Gasteiger partial charge in [0.1, 0.15) is 0 Å². The van der Waals surface area contributed by atoms with Crippen molar-refractivity contribution in [2.24, 2.45) is 0 Å². The summed E-state index contributed by atoms with van der Waals surface area (Å²) in [5.41, 5.74) is 0.684. The Morgan fingerprint density at radius 1 is 0.879 bits per heavy atom. The summed E-state index contributed by atoms with van der Waals surface area (Å²) in [6.45, 7) is 3.80.